The summed E-state index contributed by atoms with van der Waals surface area (Å²) in [5, 5.41) is 3.42. The first kappa shape index (κ1) is 17.8. The van der Waals surface area contributed by atoms with Gasteiger partial charge in [0, 0.05) is 5.57 Å². The number of halogens is 1. The molecule has 132 valence electrons. The molecule has 25 heavy (non-hydrogen) atoms. The average Bonchev–Trinajstić information content (AvgIpc) is 2.80. The molecular formula is C22H27FN2. The van der Waals surface area contributed by atoms with E-state index in [-0.39, 0.29) is 5.82 Å². The van der Waals surface area contributed by atoms with Crippen LogP contribution in [0.5, 0.6) is 0 Å². The number of aryl methyl sites for hydroxylation is 3. The first-order valence-corrected chi connectivity index (χ1v) is 9.40. The summed E-state index contributed by atoms with van der Waals surface area (Å²) in [6.45, 7) is 8.15. The Morgan fingerprint density at radius 2 is 1.68 bits per heavy atom. The van der Waals surface area contributed by atoms with Crippen molar-refractivity contribution in [3.8, 4) is 0 Å². The van der Waals surface area contributed by atoms with Crippen molar-refractivity contribution < 1.29 is 4.39 Å². The smallest absolute Gasteiger partial charge is 0.141 e. The zero-order chi connectivity index (χ0) is 17.8. The summed E-state index contributed by atoms with van der Waals surface area (Å²) >= 11 is 0. The minimum atomic E-state index is -0.236. The molecule has 0 spiro atoms. The maximum absolute atomic E-state index is 13.7. The Labute approximate surface area is 150 Å². The predicted octanol–water partition coefficient (Wildman–Crippen LogP) is 4.84. The van der Waals surface area contributed by atoms with Crippen molar-refractivity contribution >= 4 is 5.57 Å². The first-order chi connectivity index (χ1) is 12.2. The highest BCUT2D eigenvalue weighted by Crippen LogP contribution is 2.37. The number of aromatic nitrogens is 1. The summed E-state index contributed by atoms with van der Waals surface area (Å²) in [5.41, 5.74) is 8.69. The number of rotatable bonds is 0. The van der Waals surface area contributed by atoms with Crippen LogP contribution in [0.3, 0.4) is 0 Å². The minimum Gasteiger partial charge on any atom is -0.316 e. The number of hydrogen-bond acceptors (Lipinski definition) is 2. The second-order valence-corrected chi connectivity index (χ2v) is 6.55. The molecule has 4 rings (SSSR count). The lowest BCUT2D eigenvalue weighted by atomic mass is 9.88. The Kier molecular flexibility index (Phi) is 5.64. The maximum atomic E-state index is 13.7. The molecule has 2 heterocycles. The van der Waals surface area contributed by atoms with Gasteiger partial charge in [0.25, 0.3) is 0 Å². The molecule has 1 saturated heterocycles. The van der Waals surface area contributed by atoms with Crippen molar-refractivity contribution in [2.75, 3.05) is 13.1 Å². The lowest BCUT2D eigenvalue weighted by Gasteiger charge is -2.22. The Balaban J connectivity index is 0.000000880. The third-order valence-corrected chi connectivity index (χ3v) is 4.92. The maximum Gasteiger partial charge on any atom is 0.141 e. The SMILES string of the molecule is CC.Cc1ccc2c(c1)CCc1cc(F)cnc1C2=C1CCNCC1. The van der Waals surface area contributed by atoms with Crippen molar-refractivity contribution in [3.05, 3.63) is 69.8 Å². The van der Waals surface area contributed by atoms with Gasteiger partial charge < -0.3 is 5.32 Å². The number of nitrogens with zero attached hydrogens (tertiary/aromatic N) is 1. The van der Waals surface area contributed by atoms with E-state index in [1.165, 1.54) is 34.0 Å². The molecule has 0 unspecified atom stereocenters. The fourth-order valence-corrected chi connectivity index (χ4v) is 3.80. The molecule has 0 amide bonds. The third kappa shape index (κ3) is 3.67. The van der Waals surface area contributed by atoms with Gasteiger partial charge in [-0.15, -0.1) is 0 Å². The predicted molar refractivity (Wildman–Crippen MR) is 102 cm³/mol. The number of nitrogens with one attached hydrogen (secondary N) is 1. The van der Waals surface area contributed by atoms with E-state index in [4.69, 9.17) is 0 Å². The molecule has 0 radical (unpaired) electrons. The molecule has 2 nitrogen and oxygen atoms in total. The van der Waals surface area contributed by atoms with Crippen molar-refractivity contribution in [2.45, 2.75) is 46.5 Å². The van der Waals surface area contributed by atoms with Gasteiger partial charge in [-0.25, -0.2) is 4.39 Å². The fraction of sp³-hybridized carbons (Fsp3) is 0.409. The summed E-state index contributed by atoms with van der Waals surface area (Å²) in [7, 11) is 0. The van der Waals surface area contributed by atoms with Gasteiger partial charge in [-0.3, -0.25) is 4.98 Å². The molecule has 1 aliphatic heterocycles. The van der Waals surface area contributed by atoms with Gasteiger partial charge in [0.05, 0.1) is 11.9 Å². The van der Waals surface area contributed by atoms with Gasteiger partial charge in [0.1, 0.15) is 5.82 Å². The van der Waals surface area contributed by atoms with Gasteiger partial charge >= 0.3 is 0 Å². The summed E-state index contributed by atoms with van der Waals surface area (Å²) in [4.78, 5) is 4.50. The summed E-state index contributed by atoms with van der Waals surface area (Å²) < 4.78 is 13.7. The van der Waals surface area contributed by atoms with E-state index in [9.17, 15) is 4.39 Å². The fourth-order valence-electron chi connectivity index (χ4n) is 3.80. The molecule has 1 N–H and O–H groups in total. The Morgan fingerprint density at radius 1 is 0.960 bits per heavy atom. The Hall–Kier alpha value is -2.00. The van der Waals surface area contributed by atoms with Gasteiger partial charge in [0.15, 0.2) is 0 Å². The van der Waals surface area contributed by atoms with Crippen LogP contribution in [0.4, 0.5) is 4.39 Å². The molecule has 1 aliphatic carbocycles. The third-order valence-electron chi connectivity index (χ3n) is 4.92. The molecule has 2 aliphatic rings. The molecule has 0 bridgehead atoms. The van der Waals surface area contributed by atoms with Crippen LogP contribution in [-0.2, 0) is 12.8 Å². The van der Waals surface area contributed by atoms with E-state index in [2.05, 4.69) is 35.4 Å². The molecule has 2 aromatic rings. The Bertz CT molecular complexity index is 729. The van der Waals surface area contributed by atoms with Crippen molar-refractivity contribution in [1.29, 1.82) is 0 Å². The van der Waals surface area contributed by atoms with Crippen LogP contribution in [0.2, 0.25) is 0 Å². The van der Waals surface area contributed by atoms with E-state index < -0.39 is 0 Å². The molecule has 0 atom stereocenters. The molecule has 0 saturated carbocycles. The zero-order valence-electron chi connectivity index (χ0n) is 15.5. The van der Waals surface area contributed by atoms with Crippen LogP contribution in [0.25, 0.3) is 5.57 Å². The van der Waals surface area contributed by atoms with Gasteiger partial charge in [-0.2, -0.15) is 0 Å². The van der Waals surface area contributed by atoms with Crippen LogP contribution >= 0.6 is 0 Å². The van der Waals surface area contributed by atoms with E-state index in [0.29, 0.717) is 0 Å². The van der Waals surface area contributed by atoms with E-state index in [1.807, 2.05) is 13.8 Å². The molecule has 1 aromatic carbocycles. The highest BCUT2D eigenvalue weighted by atomic mass is 19.1. The number of piperidine rings is 1. The van der Waals surface area contributed by atoms with Crippen molar-refractivity contribution in [3.63, 3.8) is 0 Å². The topological polar surface area (TPSA) is 24.9 Å². The van der Waals surface area contributed by atoms with Crippen LogP contribution in [0.15, 0.2) is 36.0 Å². The summed E-state index contributed by atoms with van der Waals surface area (Å²) in [5.74, 6) is -0.236. The minimum absolute atomic E-state index is 0.236. The Morgan fingerprint density at radius 3 is 2.44 bits per heavy atom. The first-order valence-electron chi connectivity index (χ1n) is 9.40. The van der Waals surface area contributed by atoms with Gasteiger partial charge in [0.2, 0.25) is 0 Å². The standard InChI is InChI=1S/C20H21FN2.C2H6/c1-13-2-5-18-15(10-13)3-4-16-11-17(21)12-23-20(16)19(18)14-6-8-22-9-7-14;1-2/h2,5,10-12,22H,3-4,6-9H2,1H3;1-2H3. The highest BCUT2D eigenvalue weighted by Gasteiger charge is 2.23. The highest BCUT2D eigenvalue weighted by molar-refractivity contribution is 5.84. The van der Waals surface area contributed by atoms with E-state index in [1.54, 1.807) is 6.07 Å². The lowest BCUT2D eigenvalue weighted by molar-refractivity contribution is 0.610. The quantitative estimate of drug-likeness (QED) is 0.743. The number of fused-ring (bicyclic) bond motifs is 2. The normalized spacial score (nSPS) is 16.3. The van der Waals surface area contributed by atoms with E-state index >= 15 is 0 Å². The van der Waals surface area contributed by atoms with Crippen LogP contribution in [0, 0.1) is 12.7 Å². The summed E-state index contributed by atoms with van der Waals surface area (Å²) in [6.07, 6.45) is 5.25. The summed E-state index contributed by atoms with van der Waals surface area (Å²) in [6, 6.07) is 8.35. The van der Waals surface area contributed by atoms with Crippen LogP contribution in [-0.4, -0.2) is 18.1 Å². The lowest BCUT2D eigenvalue weighted by Crippen LogP contribution is -2.24. The van der Waals surface area contributed by atoms with Gasteiger partial charge in [-0.1, -0.05) is 43.2 Å². The zero-order valence-corrected chi connectivity index (χ0v) is 15.5. The van der Waals surface area contributed by atoms with Gasteiger partial charge in [-0.05, 0) is 68.5 Å². The number of benzene rings is 1. The number of pyridine rings is 1. The largest absolute Gasteiger partial charge is 0.316 e. The molecular weight excluding hydrogens is 311 g/mol. The molecule has 1 fully saturated rings. The van der Waals surface area contributed by atoms with Crippen LogP contribution < -0.4 is 5.32 Å². The van der Waals surface area contributed by atoms with E-state index in [0.717, 1.165) is 50.0 Å². The number of hydrogen-bond donors (Lipinski definition) is 1. The second kappa shape index (κ2) is 7.92. The monoisotopic (exact) mass is 338 g/mol. The van der Waals surface area contributed by atoms with Crippen molar-refractivity contribution in [1.82, 2.24) is 10.3 Å². The molecule has 1 aromatic heterocycles. The van der Waals surface area contributed by atoms with Crippen LogP contribution in [0.1, 0.15) is 54.6 Å². The average molecular weight is 338 g/mol. The molecule has 3 heteroatoms. The second-order valence-electron chi connectivity index (χ2n) is 6.55. The van der Waals surface area contributed by atoms with Crippen molar-refractivity contribution in [2.24, 2.45) is 0 Å².